The van der Waals surface area contributed by atoms with Gasteiger partial charge in [0, 0.05) is 24.4 Å². The van der Waals surface area contributed by atoms with Crippen LogP contribution in [0.15, 0.2) is 12.4 Å². The van der Waals surface area contributed by atoms with Gasteiger partial charge in [-0.3, -0.25) is 4.79 Å². The van der Waals surface area contributed by atoms with Gasteiger partial charge in [0.25, 0.3) is 0 Å². The second kappa shape index (κ2) is 3.79. The lowest BCUT2D eigenvalue weighted by Gasteiger charge is -2.30. The highest BCUT2D eigenvalue weighted by Crippen LogP contribution is 2.25. The SMILES string of the molecule is NC1CC(C(=O)NCc2ncc[nH]2)C1. The van der Waals surface area contributed by atoms with E-state index in [4.69, 9.17) is 5.73 Å². The first-order valence-corrected chi connectivity index (χ1v) is 4.77. The van der Waals surface area contributed by atoms with Gasteiger partial charge in [0.2, 0.25) is 5.91 Å². The molecule has 1 aromatic rings. The van der Waals surface area contributed by atoms with E-state index in [1.54, 1.807) is 12.4 Å². The minimum absolute atomic E-state index is 0.0862. The highest BCUT2D eigenvalue weighted by molar-refractivity contribution is 5.79. The average molecular weight is 194 g/mol. The fraction of sp³-hybridized carbons (Fsp3) is 0.556. The number of aromatic amines is 1. The molecule has 5 nitrogen and oxygen atoms in total. The summed E-state index contributed by atoms with van der Waals surface area (Å²) in [4.78, 5) is 18.4. The standard InChI is InChI=1S/C9H14N4O/c10-7-3-6(4-7)9(14)13-5-8-11-1-2-12-8/h1-2,6-7H,3-5,10H2,(H,11,12)(H,13,14). The second-order valence-corrected chi connectivity index (χ2v) is 3.68. The molecular formula is C9H14N4O. The maximum Gasteiger partial charge on any atom is 0.223 e. The zero-order valence-electron chi connectivity index (χ0n) is 7.86. The summed E-state index contributed by atoms with van der Waals surface area (Å²) in [5, 5.41) is 2.82. The van der Waals surface area contributed by atoms with Crippen molar-refractivity contribution in [1.29, 1.82) is 0 Å². The van der Waals surface area contributed by atoms with Gasteiger partial charge in [0.05, 0.1) is 6.54 Å². The molecule has 0 unspecified atom stereocenters. The Hall–Kier alpha value is -1.36. The van der Waals surface area contributed by atoms with Crippen molar-refractivity contribution in [3.05, 3.63) is 18.2 Å². The minimum Gasteiger partial charge on any atom is -0.349 e. The first-order valence-electron chi connectivity index (χ1n) is 4.77. The molecule has 1 fully saturated rings. The molecule has 1 saturated carbocycles. The largest absolute Gasteiger partial charge is 0.349 e. The third-order valence-electron chi connectivity index (χ3n) is 2.53. The smallest absolute Gasteiger partial charge is 0.223 e. The van der Waals surface area contributed by atoms with E-state index >= 15 is 0 Å². The molecule has 4 N–H and O–H groups in total. The van der Waals surface area contributed by atoms with Gasteiger partial charge in [-0.15, -0.1) is 0 Å². The van der Waals surface area contributed by atoms with Crippen LogP contribution in [0.1, 0.15) is 18.7 Å². The number of hydrogen-bond donors (Lipinski definition) is 3. The Morgan fingerprint density at radius 2 is 2.50 bits per heavy atom. The minimum atomic E-state index is 0.0862. The van der Waals surface area contributed by atoms with Crippen molar-refractivity contribution in [2.24, 2.45) is 11.7 Å². The van der Waals surface area contributed by atoms with E-state index in [9.17, 15) is 4.79 Å². The zero-order valence-corrected chi connectivity index (χ0v) is 7.86. The van der Waals surface area contributed by atoms with E-state index in [2.05, 4.69) is 15.3 Å². The molecule has 1 amide bonds. The number of nitrogens with zero attached hydrogens (tertiary/aromatic N) is 1. The van der Waals surface area contributed by atoms with E-state index in [-0.39, 0.29) is 17.9 Å². The lowest BCUT2D eigenvalue weighted by molar-refractivity contribution is -0.128. The first kappa shape index (κ1) is 9.21. The van der Waals surface area contributed by atoms with E-state index in [0.29, 0.717) is 6.54 Å². The maximum atomic E-state index is 11.5. The van der Waals surface area contributed by atoms with E-state index in [1.807, 2.05) is 0 Å². The summed E-state index contributed by atoms with van der Waals surface area (Å²) in [6, 6.07) is 0.217. The number of rotatable bonds is 3. The molecule has 0 saturated heterocycles. The second-order valence-electron chi connectivity index (χ2n) is 3.68. The van der Waals surface area contributed by atoms with Crippen LogP contribution >= 0.6 is 0 Å². The number of amides is 1. The van der Waals surface area contributed by atoms with Crippen molar-refractivity contribution in [2.75, 3.05) is 0 Å². The Bertz CT molecular complexity index is 303. The summed E-state index contributed by atoms with van der Waals surface area (Å²) in [7, 11) is 0. The fourth-order valence-electron chi connectivity index (χ4n) is 1.59. The molecule has 0 aromatic carbocycles. The van der Waals surface area contributed by atoms with Crippen LogP contribution < -0.4 is 11.1 Å². The van der Waals surface area contributed by atoms with Gasteiger partial charge in [-0.05, 0) is 12.8 Å². The van der Waals surface area contributed by atoms with Gasteiger partial charge in [-0.2, -0.15) is 0 Å². The molecule has 0 spiro atoms. The Labute approximate surface area is 82.1 Å². The van der Waals surface area contributed by atoms with Crippen molar-refractivity contribution < 1.29 is 4.79 Å². The van der Waals surface area contributed by atoms with Crippen molar-refractivity contribution >= 4 is 5.91 Å². The highest BCUT2D eigenvalue weighted by atomic mass is 16.1. The predicted molar refractivity (Wildman–Crippen MR) is 51.1 cm³/mol. The number of nitrogens with one attached hydrogen (secondary N) is 2. The zero-order chi connectivity index (χ0) is 9.97. The molecule has 2 rings (SSSR count). The molecule has 0 radical (unpaired) electrons. The Morgan fingerprint density at radius 3 is 3.07 bits per heavy atom. The summed E-state index contributed by atoms with van der Waals surface area (Å²) in [6.07, 6.45) is 5.02. The Balaban J connectivity index is 1.73. The van der Waals surface area contributed by atoms with Gasteiger partial charge in [-0.25, -0.2) is 4.98 Å². The fourth-order valence-corrected chi connectivity index (χ4v) is 1.59. The van der Waals surface area contributed by atoms with Crippen molar-refractivity contribution in [3.63, 3.8) is 0 Å². The molecule has 1 aliphatic carbocycles. The van der Waals surface area contributed by atoms with Crippen LogP contribution in [0.2, 0.25) is 0 Å². The molecule has 5 heteroatoms. The topological polar surface area (TPSA) is 83.8 Å². The quantitative estimate of drug-likeness (QED) is 0.621. The molecule has 0 bridgehead atoms. The average Bonchev–Trinajstić information content (AvgIpc) is 2.61. The molecule has 14 heavy (non-hydrogen) atoms. The molecule has 1 aliphatic rings. The van der Waals surface area contributed by atoms with Crippen LogP contribution in [0.4, 0.5) is 0 Å². The van der Waals surface area contributed by atoms with Gasteiger partial charge in [0.15, 0.2) is 0 Å². The summed E-state index contributed by atoms with van der Waals surface area (Å²) >= 11 is 0. The Morgan fingerprint density at radius 1 is 1.71 bits per heavy atom. The van der Waals surface area contributed by atoms with Crippen LogP contribution in [0.5, 0.6) is 0 Å². The monoisotopic (exact) mass is 194 g/mol. The molecule has 1 heterocycles. The Kier molecular flexibility index (Phi) is 2.49. The lowest BCUT2D eigenvalue weighted by atomic mass is 9.80. The normalized spacial score (nSPS) is 25.5. The van der Waals surface area contributed by atoms with E-state index in [1.165, 1.54) is 0 Å². The van der Waals surface area contributed by atoms with Crippen molar-refractivity contribution in [3.8, 4) is 0 Å². The molecule has 1 aromatic heterocycles. The summed E-state index contributed by atoms with van der Waals surface area (Å²) in [5.41, 5.74) is 5.60. The maximum absolute atomic E-state index is 11.5. The number of H-pyrrole nitrogens is 1. The summed E-state index contributed by atoms with van der Waals surface area (Å²) in [5.74, 6) is 0.977. The summed E-state index contributed by atoms with van der Waals surface area (Å²) < 4.78 is 0. The number of carbonyl (C=O) groups excluding carboxylic acids is 1. The van der Waals surface area contributed by atoms with Crippen LogP contribution in [-0.4, -0.2) is 21.9 Å². The van der Waals surface area contributed by atoms with Crippen LogP contribution in [0.25, 0.3) is 0 Å². The lowest BCUT2D eigenvalue weighted by Crippen LogP contribution is -2.44. The van der Waals surface area contributed by atoms with Crippen molar-refractivity contribution in [1.82, 2.24) is 15.3 Å². The number of hydrogen-bond acceptors (Lipinski definition) is 3. The van der Waals surface area contributed by atoms with Crippen molar-refractivity contribution in [2.45, 2.75) is 25.4 Å². The number of carbonyl (C=O) groups is 1. The molecule has 0 atom stereocenters. The van der Waals surface area contributed by atoms with Crippen LogP contribution in [-0.2, 0) is 11.3 Å². The van der Waals surface area contributed by atoms with Gasteiger partial charge in [-0.1, -0.05) is 0 Å². The van der Waals surface area contributed by atoms with Crippen LogP contribution in [0, 0.1) is 5.92 Å². The predicted octanol–water partition coefficient (Wildman–Crippen LogP) is -0.237. The van der Waals surface area contributed by atoms with Gasteiger partial charge in [0.1, 0.15) is 5.82 Å². The number of imidazole rings is 1. The van der Waals surface area contributed by atoms with Gasteiger partial charge < -0.3 is 16.0 Å². The highest BCUT2D eigenvalue weighted by Gasteiger charge is 2.31. The van der Waals surface area contributed by atoms with E-state index in [0.717, 1.165) is 18.7 Å². The number of aromatic nitrogens is 2. The molecular weight excluding hydrogens is 180 g/mol. The molecule has 76 valence electrons. The third-order valence-corrected chi connectivity index (χ3v) is 2.53. The molecule has 0 aliphatic heterocycles. The number of nitrogens with two attached hydrogens (primary N) is 1. The summed E-state index contributed by atoms with van der Waals surface area (Å²) in [6.45, 7) is 0.470. The van der Waals surface area contributed by atoms with E-state index < -0.39 is 0 Å². The van der Waals surface area contributed by atoms with Crippen LogP contribution in [0.3, 0.4) is 0 Å². The third kappa shape index (κ3) is 1.93. The first-order chi connectivity index (χ1) is 6.75. The van der Waals surface area contributed by atoms with Gasteiger partial charge >= 0.3 is 0 Å².